The predicted molar refractivity (Wildman–Crippen MR) is 169 cm³/mol. The van der Waals surface area contributed by atoms with Gasteiger partial charge in [0.2, 0.25) is 11.8 Å². The van der Waals surface area contributed by atoms with Crippen LogP contribution in [0.3, 0.4) is 0 Å². The zero-order chi connectivity index (χ0) is 29.6. The van der Waals surface area contributed by atoms with Gasteiger partial charge in [0.1, 0.15) is 11.5 Å². The lowest BCUT2D eigenvalue weighted by molar-refractivity contribution is -0.121. The maximum atomic E-state index is 14.4. The van der Waals surface area contributed by atoms with Gasteiger partial charge in [-0.15, -0.1) is 11.8 Å². The molecule has 1 heterocycles. The number of anilines is 2. The highest BCUT2D eigenvalue weighted by Gasteiger charge is 2.40. The number of halogens is 2. The van der Waals surface area contributed by atoms with Crippen molar-refractivity contribution in [3.8, 4) is 0 Å². The van der Waals surface area contributed by atoms with Gasteiger partial charge in [-0.1, -0.05) is 42.5 Å². The number of nitrogens with zero attached hydrogens (tertiary/aromatic N) is 1. The van der Waals surface area contributed by atoms with Crippen LogP contribution < -0.4 is 15.5 Å². The molecule has 5 rings (SSSR count). The fourth-order valence-corrected chi connectivity index (χ4v) is 5.73. The summed E-state index contributed by atoms with van der Waals surface area (Å²) in [5, 5.41) is 4.71. The monoisotopic (exact) mass is 691 g/mol. The Labute approximate surface area is 259 Å². The standard InChI is InChI=1S/C32H23FIN3O4S/c33-26-12-5-4-9-21(26)17-27(36-30(39)20-7-2-1-3-8-20)31(40)35-23-10-6-11-25(18-23)42-28-19-29(38)37(32(28)41)24-15-13-22(34)14-16-24/h1-18,28H,19H2,(H,35,40)(H,36,39). The molecular formula is C32H23FIN3O4S. The smallest absolute Gasteiger partial charge is 0.272 e. The second-order valence-electron chi connectivity index (χ2n) is 9.24. The molecule has 2 N–H and O–H groups in total. The van der Waals surface area contributed by atoms with E-state index < -0.39 is 22.9 Å². The lowest BCUT2D eigenvalue weighted by Gasteiger charge is -2.15. The number of amides is 4. The van der Waals surface area contributed by atoms with Crippen molar-refractivity contribution >= 4 is 75.4 Å². The predicted octanol–water partition coefficient (Wildman–Crippen LogP) is 6.26. The molecule has 10 heteroatoms. The van der Waals surface area contributed by atoms with Crippen LogP contribution in [0.5, 0.6) is 0 Å². The molecule has 1 fully saturated rings. The molecule has 4 aromatic carbocycles. The number of hydrogen-bond donors (Lipinski definition) is 2. The Bertz CT molecular complexity index is 1700. The number of rotatable bonds is 8. The zero-order valence-corrected chi connectivity index (χ0v) is 24.9. The molecule has 0 radical (unpaired) electrons. The van der Waals surface area contributed by atoms with E-state index in [0.717, 1.165) is 3.57 Å². The van der Waals surface area contributed by atoms with Crippen LogP contribution in [0.1, 0.15) is 22.3 Å². The molecule has 4 amide bonds. The maximum Gasteiger partial charge on any atom is 0.272 e. The largest absolute Gasteiger partial charge is 0.321 e. The minimum Gasteiger partial charge on any atom is -0.321 e. The van der Waals surface area contributed by atoms with Gasteiger partial charge in [-0.25, -0.2) is 9.29 Å². The lowest BCUT2D eigenvalue weighted by atomic mass is 10.1. The minimum atomic E-state index is -0.665. The average Bonchev–Trinajstić information content (AvgIpc) is 3.26. The van der Waals surface area contributed by atoms with Gasteiger partial charge in [0.15, 0.2) is 0 Å². The van der Waals surface area contributed by atoms with E-state index in [2.05, 4.69) is 33.2 Å². The molecule has 0 aromatic heterocycles. The van der Waals surface area contributed by atoms with Crippen molar-refractivity contribution in [3.63, 3.8) is 0 Å². The molecule has 0 aliphatic carbocycles. The van der Waals surface area contributed by atoms with Crippen LogP contribution in [0.2, 0.25) is 0 Å². The summed E-state index contributed by atoms with van der Waals surface area (Å²) >= 11 is 3.38. The van der Waals surface area contributed by atoms with Crippen LogP contribution >= 0.6 is 34.4 Å². The molecule has 0 saturated carbocycles. The van der Waals surface area contributed by atoms with Crippen molar-refractivity contribution in [1.82, 2.24) is 5.32 Å². The van der Waals surface area contributed by atoms with E-state index in [4.69, 9.17) is 0 Å². The lowest BCUT2D eigenvalue weighted by Crippen LogP contribution is -2.31. The van der Waals surface area contributed by atoms with Crippen LogP contribution in [0.15, 0.2) is 114 Å². The molecule has 0 spiro atoms. The number of hydrogen-bond acceptors (Lipinski definition) is 5. The molecule has 1 aliphatic rings. The number of carbonyl (C=O) groups excluding carboxylic acids is 4. The van der Waals surface area contributed by atoms with Crippen molar-refractivity contribution in [2.45, 2.75) is 16.6 Å². The Morgan fingerprint density at radius 1 is 0.905 bits per heavy atom. The third-order valence-corrected chi connectivity index (χ3v) is 8.19. The van der Waals surface area contributed by atoms with Gasteiger partial charge in [-0.2, -0.15) is 0 Å². The molecular weight excluding hydrogens is 668 g/mol. The molecule has 210 valence electrons. The van der Waals surface area contributed by atoms with Crippen molar-refractivity contribution in [3.05, 3.63) is 129 Å². The fraction of sp³-hybridized carbons (Fsp3) is 0.0625. The van der Waals surface area contributed by atoms with Gasteiger partial charge in [0, 0.05) is 31.7 Å². The van der Waals surface area contributed by atoms with Gasteiger partial charge in [0.25, 0.3) is 11.8 Å². The van der Waals surface area contributed by atoms with E-state index in [1.165, 1.54) is 40.9 Å². The first-order valence-corrected chi connectivity index (χ1v) is 14.8. The van der Waals surface area contributed by atoms with Crippen molar-refractivity contribution in [2.24, 2.45) is 0 Å². The molecule has 42 heavy (non-hydrogen) atoms. The third kappa shape index (κ3) is 6.94. The summed E-state index contributed by atoms with van der Waals surface area (Å²) in [6.45, 7) is 0. The number of imide groups is 1. The van der Waals surface area contributed by atoms with E-state index in [1.54, 1.807) is 72.8 Å². The fourth-order valence-electron chi connectivity index (χ4n) is 4.26. The average molecular weight is 692 g/mol. The number of nitrogens with one attached hydrogen (secondary N) is 2. The summed E-state index contributed by atoms with van der Waals surface area (Å²) in [7, 11) is 0. The normalized spacial score (nSPS) is 15.0. The van der Waals surface area contributed by atoms with Gasteiger partial charge in [0.05, 0.1) is 10.9 Å². The van der Waals surface area contributed by atoms with Crippen LogP contribution in [-0.2, 0) is 14.4 Å². The Kier molecular flexibility index (Phi) is 9.13. The molecule has 1 aliphatic heterocycles. The molecule has 1 saturated heterocycles. The summed E-state index contributed by atoms with van der Waals surface area (Å²) < 4.78 is 15.4. The van der Waals surface area contributed by atoms with Crippen molar-refractivity contribution < 1.29 is 23.6 Å². The summed E-state index contributed by atoms with van der Waals surface area (Å²) in [6, 6.07) is 28.2. The summed E-state index contributed by atoms with van der Waals surface area (Å²) in [5.74, 6) is -2.33. The van der Waals surface area contributed by atoms with Gasteiger partial charge in [-0.05, 0) is 89.3 Å². The molecule has 1 unspecified atom stereocenters. The number of thioether (sulfide) groups is 1. The highest BCUT2D eigenvalue weighted by atomic mass is 127. The maximum absolute atomic E-state index is 14.4. The first-order chi connectivity index (χ1) is 20.3. The second-order valence-corrected chi connectivity index (χ2v) is 11.8. The van der Waals surface area contributed by atoms with E-state index >= 15 is 0 Å². The minimum absolute atomic E-state index is 0.0487. The van der Waals surface area contributed by atoms with Crippen LogP contribution in [0, 0.1) is 9.39 Å². The molecule has 0 bridgehead atoms. The SMILES string of the molecule is O=C(Nc1cccc(SC2CC(=O)N(c3ccc(I)cc3)C2=O)c1)C(=Cc1ccccc1F)NC(=O)c1ccccc1. The summed E-state index contributed by atoms with van der Waals surface area (Å²) in [6.07, 6.45) is 1.32. The van der Waals surface area contributed by atoms with E-state index in [9.17, 15) is 23.6 Å². The highest BCUT2D eigenvalue weighted by Crippen LogP contribution is 2.35. The second kappa shape index (κ2) is 13.1. The first-order valence-electron chi connectivity index (χ1n) is 12.8. The van der Waals surface area contributed by atoms with E-state index in [1.807, 2.05) is 12.1 Å². The van der Waals surface area contributed by atoms with Crippen molar-refractivity contribution in [1.29, 1.82) is 0 Å². The molecule has 7 nitrogen and oxygen atoms in total. The topological polar surface area (TPSA) is 95.6 Å². The van der Waals surface area contributed by atoms with Crippen molar-refractivity contribution in [2.75, 3.05) is 10.2 Å². The summed E-state index contributed by atoms with van der Waals surface area (Å²) in [4.78, 5) is 53.9. The quantitative estimate of drug-likeness (QED) is 0.129. The van der Waals surface area contributed by atoms with Gasteiger partial charge < -0.3 is 10.6 Å². The van der Waals surface area contributed by atoms with Gasteiger partial charge in [-0.3, -0.25) is 19.2 Å². The van der Waals surface area contributed by atoms with Crippen LogP contribution in [0.4, 0.5) is 15.8 Å². The van der Waals surface area contributed by atoms with Gasteiger partial charge >= 0.3 is 0 Å². The van der Waals surface area contributed by atoms with E-state index in [0.29, 0.717) is 21.8 Å². The van der Waals surface area contributed by atoms with Crippen LogP contribution in [-0.4, -0.2) is 28.9 Å². The first kappa shape index (κ1) is 29.2. The highest BCUT2D eigenvalue weighted by molar-refractivity contribution is 14.1. The molecule has 1 atom stereocenters. The Balaban J connectivity index is 1.33. The number of benzene rings is 4. The Morgan fingerprint density at radius 2 is 1.62 bits per heavy atom. The Hall–Kier alpha value is -4.29. The van der Waals surface area contributed by atoms with E-state index in [-0.39, 0.29) is 29.5 Å². The zero-order valence-electron chi connectivity index (χ0n) is 21.9. The third-order valence-electron chi connectivity index (χ3n) is 6.29. The molecule has 4 aromatic rings. The number of carbonyl (C=O) groups is 4. The summed E-state index contributed by atoms with van der Waals surface area (Å²) in [5.41, 5.74) is 1.23. The van der Waals surface area contributed by atoms with Crippen LogP contribution in [0.25, 0.3) is 6.08 Å². The Morgan fingerprint density at radius 3 is 2.36 bits per heavy atom.